The van der Waals surface area contributed by atoms with E-state index in [2.05, 4.69) is 17.2 Å². The van der Waals surface area contributed by atoms with Gasteiger partial charge in [-0.2, -0.15) is 0 Å². The lowest BCUT2D eigenvalue weighted by atomic mass is 10.2. The van der Waals surface area contributed by atoms with Crippen molar-refractivity contribution in [3.05, 3.63) is 36.4 Å². The van der Waals surface area contributed by atoms with Crippen LogP contribution < -0.4 is 15.4 Å². The summed E-state index contributed by atoms with van der Waals surface area (Å²) in [5.74, 6) is 0.704. The van der Waals surface area contributed by atoms with E-state index in [4.69, 9.17) is 9.47 Å². The standard InChI is InChI=1S/C15H20N2O3/c1-11(2)9-20-14-5-3-4-12(8-14)16-15(18)17-13-6-7-19-10-13/h3-5,8,13H,1,6-7,9-10H2,2H3,(H2,16,17,18)/t13-/m1/s1. The molecule has 5 nitrogen and oxygen atoms in total. The Morgan fingerprint density at radius 1 is 1.55 bits per heavy atom. The van der Waals surface area contributed by atoms with Gasteiger partial charge in [0.05, 0.1) is 12.6 Å². The summed E-state index contributed by atoms with van der Waals surface area (Å²) < 4.78 is 10.7. The fourth-order valence-corrected chi connectivity index (χ4v) is 1.87. The summed E-state index contributed by atoms with van der Waals surface area (Å²) in [6.45, 7) is 7.43. The van der Waals surface area contributed by atoms with Gasteiger partial charge in [0.15, 0.2) is 0 Å². The molecule has 0 bridgehead atoms. The highest BCUT2D eigenvalue weighted by Gasteiger charge is 2.17. The van der Waals surface area contributed by atoms with Gasteiger partial charge in [-0.05, 0) is 31.1 Å². The van der Waals surface area contributed by atoms with Crippen molar-refractivity contribution in [3.63, 3.8) is 0 Å². The predicted octanol–water partition coefficient (Wildman–Crippen LogP) is 2.55. The number of hydrogen-bond donors (Lipinski definition) is 2. The lowest BCUT2D eigenvalue weighted by molar-refractivity contribution is 0.189. The van der Waals surface area contributed by atoms with Gasteiger partial charge in [0.2, 0.25) is 0 Å². The van der Waals surface area contributed by atoms with E-state index in [1.807, 2.05) is 25.1 Å². The van der Waals surface area contributed by atoms with Crippen LogP contribution in [0.25, 0.3) is 0 Å². The Kier molecular flexibility index (Phi) is 5.01. The quantitative estimate of drug-likeness (QED) is 0.813. The number of nitrogens with one attached hydrogen (secondary N) is 2. The smallest absolute Gasteiger partial charge is 0.319 e. The van der Waals surface area contributed by atoms with Crippen LogP contribution in [0, 0.1) is 0 Å². The minimum Gasteiger partial charge on any atom is -0.489 e. The highest BCUT2D eigenvalue weighted by molar-refractivity contribution is 5.89. The van der Waals surface area contributed by atoms with E-state index in [1.165, 1.54) is 0 Å². The minimum absolute atomic E-state index is 0.0952. The van der Waals surface area contributed by atoms with Crippen molar-refractivity contribution in [2.75, 3.05) is 25.1 Å². The summed E-state index contributed by atoms with van der Waals surface area (Å²) in [5.41, 5.74) is 1.64. The molecule has 1 atom stereocenters. The maximum atomic E-state index is 11.8. The third-order valence-corrected chi connectivity index (χ3v) is 2.84. The molecule has 0 spiro atoms. The second-order valence-corrected chi connectivity index (χ2v) is 4.93. The van der Waals surface area contributed by atoms with Crippen LogP contribution in [0.4, 0.5) is 10.5 Å². The fourth-order valence-electron chi connectivity index (χ4n) is 1.87. The predicted molar refractivity (Wildman–Crippen MR) is 78.1 cm³/mol. The average Bonchev–Trinajstić information content (AvgIpc) is 2.89. The van der Waals surface area contributed by atoms with E-state index in [0.29, 0.717) is 31.3 Å². The molecule has 2 amide bonds. The number of carbonyl (C=O) groups excluding carboxylic acids is 1. The van der Waals surface area contributed by atoms with E-state index in [-0.39, 0.29) is 12.1 Å². The van der Waals surface area contributed by atoms with Crippen molar-refractivity contribution < 1.29 is 14.3 Å². The van der Waals surface area contributed by atoms with Crippen molar-refractivity contribution in [3.8, 4) is 5.75 Å². The van der Waals surface area contributed by atoms with Gasteiger partial charge in [0, 0.05) is 18.4 Å². The Hall–Kier alpha value is -2.01. The Balaban J connectivity index is 1.86. The van der Waals surface area contributed by atoms with Crippen LogP contribution in [0.2, 0.25) is 0 Å². The van der Waals surface area contributed by atoms with Gasteiger partial charge in [-0.3, -0.25) is 0 Å². The molecule has 1 aromatic carbocycles. The lowest BCUT2D eigenvalue weighted by Gasteiger charge is -2.13. The van der Waals surface area contributed by atoms with Crippen LogP contribution >= 0.6 is 0 Å². The Morgan fingerprint density at radius 3 is 3.10 bits per heavy atom. The molecule has 0 unspecified atom stereocenters. The summed E-state index contributed by atoms with van der Waals surface area (Å²) in [6, 6.07) is 7.15. The van der Waals surface area contributed by atoms with Crippen LogP contribution in [0.3, 0.4) is 0 Å². The van der Waals surface area contributed by atoms with Gasteiger partial charge >= 0.3 is 6.03 Å². The molecule has 108 valence electrons. The van der Waals surface area contributed by atoms with Crippen molar-refractivity contribution in [2.24, 2.45) is 0 Å². The first kappa shape index (κ1) is 14.4. The number of urea groups is 1. The monoisotopic (exact) mass is 276 g/mol. The van der Waals surface area contributed by atoms with E-state index in [9.17, 15) is 4.79 Å². The SMILES string of the molecule is C=C(C)COc1cccc(NC(=O)N[C@@H]2CCOC2)c1. The topological polar surface area (TPSA) is 59.6 Å². The molecular formula is C15H20N2O3. The van der Waals surface area contributed by atoms with Crippen LogP contribution in [0.15, 0.2) is 36.4 Å². The zero-order chi connectivity index (χ0) is 14.4. The van der Waals surface area contributed by atoms with Gasteiger partial charge in [-0.15, -0.1) is 0 Å². The van der Waals surface area contributed by atoms with Crippen LogP contribution in [-0.2, 0) is 4.74 Å². The molecule has 0 aromatic heterocycles. The molecule has 1 aliphatic rings. The molecule has 0 radical (unpaired) electrons. The fraction of sp³-hybridized carbons (Fsp3) is 0.400. The van der Waals surface area contributed by atoms with Crippen LogP contribution in [-0.4, -0.2) is 31.9 Å². The van der Waals surface area contributed by atoms with Crippen LogP contribution in [0.1, 0.15) is 13.3 Å². The Labute approximate surface area is 119 Å². The Bertz CT molecular complexity index is 482. The molecule has 1 aromatic rings. The second-order valence-electron chi connectivity index (χ2n) is 4.93. The molecule has 5 heteroatoms. The lowest BCUT2D eigenvalue weighted by Crippen LogP contribution is -2.38. The summed E-state index contributed by atoms with van der Waals surface area (Å²) in [5, 5.41) is 5.66. The molecule has 0 aliphatic carbocycles. The molecular weight excluding hydrogens is 256 g/mol. The zero-order valence-corrected chi connectivity index (χ0v) is 11.6. The van der Waals surface area contributed by atoms with Gasteiger partial charge in [0.25, 0.3) is 0 Å². The number of anilines is 1. The van der Waals surface area contributed by atoms with Crippen molar-refractivity contribution in [2.45, 2.75) is 19.4 Å². The number of rotatable bonds is 5. The molecule has 20 heavy (non-hydrogen) atoms. The van der Waals surface area contributed by atoms with Crippen LogP contribution in [0.5, 0.6) is 5.75 Å². The molecule has 1 aliphatic heterocycles. The zero-order valence-electron chi connectivity index (χ0n) is 11.6. The van der Waals surface area contributed by atoms with Gasteiger partial charge in [-0.25, -0.2) is 4.79 Å². The summed E-state index contributed by atoms with van der Waals surface area (Å²) in [4.78, 5) is 11.8. The van der Waals surface area contributed by atoms with E-state index in [0.717, 1.165) is 12.0 Å². The maximum absolute atomic E-state index is 11.8. The third kappa shape index (κ3) is 4.59. The Morgan fingerprint density at radius 2 is 2.40 bits per heavy atom. The molecule has 1 saturated heterocycles. The van der Waals surface area contributed by atoms with Gasteiger partial charge < -0.3 is 20.1 Å². The largest absolute Gasteiger partial charge is 0.489 e. The van der Waals surface area contributed by atoms with E-state index < -0.39 is 0 Å². The molecule has 0 saturated carbocycles. The second kappa shape index (κ2) is 6.96. The summed E-state index contributed by atoms with van der Waals surface area (Å²) in [6.07, 6.45) is 0.856. The molecule has 1 fully saturated rings. The average molecular weight is 276 g/mol. The third-order valence-electron chi connectivity index (χ3n) is 2.84. The normalized spacial score (nSPS) is 17.6. The highest BCUT2D eigenvalue weighted by Crippen LogP contribution is 2.18. The molecule has 2 N–H and O–H groups in total. The number of amides is 2. The van der Waals surface area contributed by atoms with Gasteiger partial charge in [0.1, 0.15) is 12.4 Å². The molecule has 2 rings (SSSR count). The maximum Gasteiger partial charge on any atom is 0.319 e. The van der Waals surface area contributed by atoms with Gasteiger partial charge in [-0.1, -0.05) is 12.6 Å². The number of carbonyl (C=O) groups is 1. The highest BCUT2D eigenvalue weighted by atomic mass is 16.5. The number of benzene rings is 1. The first-order valence-corrected chi connectivity index (χ1v) is 6.66. The number of ether oxygens (including phenoxy) is 2. The number of hydrogen-bond acceptors (Lipinski definition) is 3. The first-order valence-electron chi connectivity index (χ1n) is 6.66. The van der Waals surface area contributed by atoms with E-state index >= 15 is 0 Å². The molecule has 1 heterocycles. The minimum atomic E-state index is -0.224. The van der Waals surface area contributed by atoms with E-state index in [1.54, 1.807) is 6.07 Å². The van der Waals surface area contributed by atoms with Crippen molar-refractivity contribution >= 4 is 11.7 Å². The summed E-state index contributed by atoms with van der Waals surface area (Å²) >= 11 is 0. The van der Waals surface area contributed by atoms with Crippen molar-refractivity contribution in [1.82, 2.24) is 5.32 Å². The first-order chi connectivity index (χ1) is 9.63. The summed E-state index contributed by atoms with van der Waals surface area (Å²) in [7, 11) is 0. The van der Waals surface area contributed by atoms with Crippen molar-refractivity contribution in [1.29, 1.82) is 0 Å².